The normalized spacial score (nSPS) is 15.1. The highest BCUT2D eigenvalue weighted by molar-refractivity contribution is 7.09. The van der Waals surface area contributed by atoms with Crippen molar-refractivity contribution in [2.45, 2.75) is 71.1 Å². The highest BCUT2D eigenvalue weighted by Gasteiger charge is 2.32. The van der Waals surface area contributed by atoms with Gasteiger partial charge in [-0.05, 0) is 57.7 Å². The molecule has 3 N–H and O–H groups in total. The third-order valence-corrected chi connectivity index (χ3v) is 6.03. The van der Waals surface area contributed by atoms with E-state index in [1.807, 2.05) is 0 Å². The second-order valence-electron chi connectivity index (χ2n) is 9.26. The van der Waals surface area contributed by atoms with Crippen LogP contribution in [0.3, 0.4) is 0 Å². The maximum absolute atomic E-state index is 13.2. The van der Waals surface area contributed by atoms with Gasteiger partial charge < -0.3 is 20.1 Å². The van der Waals surface area contributed by atoms with Crippen LogP contribution in [0.25, 0.3) is 0 Å². The van der Waals surface area contributed by atoms with Crippen LogP contribution in [0.2, 0.25) is 0 Å². The molecule has 34 heavy (non-hydrogen) atoms. The van der Waals surface area contributed by atoms with E-state index < -0.39 is 23.8 Å². The molecule has 1 saturated carbocycles. The van der Waals surface area contributed by atoms with E-state index in [2.05, 4.69) is 20.9 Å². The summed E-state index contributed by atoms with van der Waals surface area (Å²) in [5.41, 5.74) is 1.98. The number of anilines is 2. The quantitative estimate of drug-likeness (QED) is 0.486. The minimum Gasteiger partial charge on any atom is -0.444 e. The van der Waals surface area contributed by atoms with Gasteiger partial charge in [0, 0.05) is 17.6 Å². The Kier molecular flexibility index (Phi) is 8.86. The molecule has 0 saturated heterocycles. The lowest BCUT2D eigenvalue weighted by atomic mass is 9.83. The van der Waals surface area contributed by atoms with Gasteiger partial charge in [0.05, 0.1) is 10.4 Å². The summed E-state index contributed by atoms with van der Waals surface area (Å²) in [5, 5.41) is 8.29. The third-order valence-electron chi connectivity index (χ3n) is 5.28. The predicted octanol–water partition coefficient (Wildman–Crippen LogP) is 5.30. The summed E-state index contributed by atoms with van der Waals surface area (Å²) in [7, 11) is 0. The summed E-state index contributed by atoms with van der Waals surface area (Å²) in [6.45, 7) is 5.47. The second-order valence-corrected chi connectivity index (χ2v) is 10.2. The van der Waals surface area contributed by atoms with E-state index in [9.17, 15) is 14.4 Å². The standard InChI is InChI=1S/C24H32N4O5S/c1-24(2,3)33-23(31)28-20(16-8-5-4-6-9-16)21(29)26-17-10-7-11-18(12-17)27-22(30)32-14-19-13-25-15-34-19/h7,10-13,15-16,20H,4-6,8-9,14H2,1-3H3,(H,26,29)(H,27,30)(H,28,31). The van der Waals surface area contributed by atoms with Gasteiger partial charge in [0.2, 0.25) is 5.91 Å². The minimum atomic E-state index is -0.712. The first-order valence-corrected chi connectivity index (χ1v) is 12.3. The molecule has 9 nitrogen and oxygen atoms in total. The first kappa shape index (κ1) is 25.5. The van der Waals surface area contributed by atoms with Crippen molar-refractivity contribution >= 4 is 40.8 Å². The second kappa shape index (κ2) is 11.8. The Balaban J connectivity index is 1.62. The molecular weight excluding hydrogens is 456 g/mol. The third kappa shape index (κ3) is 8.33. The van der Waals surface area contributed by atoms with E-state index >= 15 is 0 Å². The Morgan fingerprint density at radius 2 is 1.79 bits per heavy atom. The largest absolute Gasteiger partial charge is 0.444 e. The zero-order valence-electron chi connectivity index (χ0n) is 19.8. The van der Waals surface area contributed by atoms with Crippen molar-refractivity contribution in [1.29, 1.82) is 0 Å². The van der Waals surface area contributed by atoms with Crippen LogP contribution in [0.15, 0.2) is 36.0 Å². The zero-order valence-corrected chi connectivity index (χ0v) is 20.6. The molecule has 3 amide bonds. The molecule has 1 aromatic heterocycles. The summed E-state index contributed by atoms with van der Waals surface area (Å²) in [5.74, 6) is -0.285. The van der Waals surface area contributed by atoms with Gasteiger partial charge in [-0.1, -0.05) is 25.3 Å². The lowest BCUT2D eigenvalue weighted by molar-refractivity contribution is -0.119. The molecular formula is C24H32N4O5S. The molecule has 2 aromatic rings. The Hall–Kier alpha value is -3.14. The highest BCUT2D eigenvalue weighted by atomic mass is 32.1. The summed E-state index contributed by atoms with van der Waals surface area (Å²) in [6, 6.07) is 6.05. The number of hydrogen-bond donors (Lipinski definition) is 3. The molecule has 3 rings (SSSR count). The van der Waals surface area contributed by atoms with E-state index in [0.717, 1.165) is 37.0 Å². The Labute approximate surface area is 203 Å². The number of nitrogens with one attached hydrogen (secondary N) is 3. The lowest BCUT2D eigenvalue weighted by Gasteiger charge is -2.31. The number of carbonyl (C=O) groups excluding carboxylic acids is 3. The zero-order chi connectivity index (χ0) is 24.6. The summed E-state index contributed by atoms with van der Waals surface area (Å²) >= 11 is 1.40. The van der Waals surface area contributed by atoms with Gasteiger partial charge in [0.15, 0.2) is 0 Å². The Bertz CT molecular complexity index is 968. The van der Waals surface area contributed by atoms with Crippen molar-refractivity contribution in [3.8, 4) is 0 Å². The van der Waals surface area contributed by atoms with Crippen LogP contribution in [-0.4, -0.2) is 34.7 Å². The van der Waals surface area contributed by atoms with Crippen molar-refractivity contribution in [2.24, 2.45) is 5.92 Å². The molecule has 0 spiro atoms. The maximum Gasteiger partial charge on any atom is 0.411 e. The number of thiazole rings is 1. The van der Waals surface area contributed by atoms with Crippen molar-refractivity contribution in [3.05, 3.63) is 40.8 Å². The Morgan fingerprint density at radius 1 is 1.09 bits per heavy atom. The van der Waals surface area contributed by atoms with Gasteiger partial charge >= 0.3 is 12.2 Å². The van der Waals surface area contributed by atoms with E-state index in [1.54, 1.807) is 56.7 Å². The molecule has 0 bridgehead atoms. The fraction of sp³-hybridized carbons (Fsp3) is 0.500. The molecule has 1 fully saturated rings. The molecule has 184 valence electrons. The molecule has 0 aliphatic heterocycles. The molecule has 1 aliphatic rings. The number of alkyl carbamates (subject to hydrolysis) is 1. The molecule has 1 aromatic carbocycles. The van der Waals surface area contributed by atoms with Crippen LogP contribution in [-0.2, 0) is 20.9 Å². The van der Waals surface area contributed by atoms with Crippen molar-refractivity contribution < 1.29 is 23.9 Å². The Morgan fingerprint density at radius 3 is 2.44 bits per heavy atom. The van der Waals surface area contributed by atoms with E-state index in [0.29, 0.717) is 11.4 Å². The molecule has 10 heteroatoms. The summed E-state index contributed by atoms with van der Waals surface area (Å²) in [4.78, 5) is 42.5. The highest BCUT2D eigenvalue weighted by Crippen LogP contribution is 2.28. The van der Waals surface area contributed by atoms with Crippen molar-refractivity contribution in [3.63, 3.8) is 0 Å². The van der Waals surface area contributed by atoms with Crippen molar-refractivity contribution in [2.75, 3.05) is 10.6 Å². The number of nitrogens with zero attached hydrogens (tertiary/aromatic N) is 1. The van der Waals surface area contributed by atoms with Gasteiger partial charge in [-0.25, -0.2) is 9.59 Å². The number of rotatable bonds is 7. The number of carbonyl (C=O) groups is 3. The van der Waals surface area contributed by atoms with E-state index in [1.165, 1.54) is 11.3 Å². The van der Waals surface area contributed by atoms with Crippen LogP contribution in [0, 0.1) is 5.92 Å². The van der Waals surface area contributed by atoms with Crippen molar-refractivity contribution in [1.82, 2.24) is 10.3 Å². The van der Waals surface area contributed by atoms with Gasteiger partial charge in [-0.3, -0.25) is 15.1 Å². The lowest BCUT2D eigenvalue weighted by Crippen LogP contribution is -2.50. The van der Waals surface area contributed by atoms with Crippen LogP contribution in [0.5, 0.6) is 0 Å². The molecule has 1 unspecified atom stereocenters. The van der Waals surface area contributed by atoms with Crippen LogP contribution in [0.1, 0.15) is 57.8 Å². The van der Waals surface area contributed by atoms with Gasteiger partial charge in [-0.2, -0.15) is 0 Å². The number of aromatic nitrogens is 1. The van der Waals surface area contributed by atoms with Crippen LogP contribution in [0.4, 0.5) is 21.0 Å². The molecule has 0 radical (unpaired) electrons. The molecule has 1 heterocycles. The molecule has 1 atom stereocenters. The van der Waals surface area contributed by atoms with E-state index in [4.69, 9.17) is 9.47 Å². The number of benzene rings is 1. The summed E-state index contributed by atoms with van der Waals surface area (Å²) < 4.78 is 10.6. The average molecular weight is 489 g/mol. The predicted molar refractivity (Wildman–Crippen MR) is 131 cm³/mol. The number of hydrogen-bond acceptors (Lipinski definition) is 7. The topological polar surface area (TPSA) is 119 Å². The molecule has 1 aliphatic carbocycles. The van der Waals surface area contributed by atoms with Gasteiger partial charge in [0.1, 0.15) is 18.2 Å². The fourth-order valence-electron chi connectivity index (χ4n) is 3.80. The SMILES string of the molecule is CC(C)(C)OC(=O)NC(C(=O)Nc1cccc(NC(=O)OCc2cncs2)c1)C1CCCCC1. The minimum absolute atomic E-state index is 0.0318. The first-order chi connectivity index (χ1) is 16.2. The van der Waals surface area contributed by atoms with Crippen LogP contribution < -0.4 is 16.0 Å². The fourth-order valence-corrected chi connectivity index (χ4v) is 4.30. The van der Waals surface area contributed by atoms with Gasteiger partial charge in [-0.15, -0.1) is 11.3 Å². The smallest absolute Gasteiger partial charge is 0.411 e. The van der Waals surface area contributed by atoms with Gasteiger partial charge in [0.25, 0.3) is 0 Å². The van der Waals surface area contributed by atoms with E-state index in [-0.39, 0.29) is 18.4 Å². The summed E-state index contributed by atoms with van der Waals surface area (Å²) in [6.07, 6.45) is 5.32. The monoisotopic (exact) mass is 488 g/mol. The van der Waals surface area contributed by atoms with Crippen LogP contribution >= 0.6 is 11.3 Å². The average Bonchev–Trinajstić information content (AvgIpc) is 3.29. The number of amides is 3. The maximum atomic E-state index is 13.2. The first-order valence-electron chi connectivity index (χ1n) is 11.4. The number of ether oxygens (including phenoxy) is 2.